The first-order valence-corrected chi connectivity index (χ1v) is 7.05. The van der Waals surface area contributed by atoms with Crippen molar-refractivity contribution in [2.75, 3.05) is 7.11 Å². The predicted molar refractivity (Wildman–Crippen MR) is 73.6 cm³/mol. The van der Waals surface area contributed by atoms with Gasteiger partial charge in [-0.05, 0) is 42.4 Å². The first-order valence-electron chi connectivity index (χ1n) is 7.05. The Bertz CT molecular complexity index is 444. The Morgan fingerprint density at radius 2 is 2.11 bits per heavy atom. The first kappa shape index (κ1) is 14.3. The van der Waals surface area contributed by atoms with Crippen LogP contribution in [0.15, 0.2) is 18.2 Å². The molecule has 2 unspecified atom stereocenters. The van der Waals surface area contributed by atoms with Crippen molar-refractivity contribution in [1.29, 1.82) is 0 Å². The van der Waals surface area contributed by atoms with Crippen LogP contribution >= 0.6 is 0 Å². The maximum absolute atomic E-state index is 13.9. The Morgan fingerprint density at radius 1 is 1.37 bits per heavy atom. The predicted octanol–water partition coefficient (Wildman–Crippen LogP) is 3.87. The molecule has 2 rings (SSSR count). The highest BCUT2D eigenvalue weighted by Gasteiger charge is 2.42. The van der Waals surface area contributed by atoms with E-state index in [9.17, 15) is 9.50 Å². The summed E-state index contributed by atoms with van der Waals surface area (Å²) in [5, 5.41) is 11.1. The van der Waals surface area contributed by atoms with Gasteiger partial charge in [-0.1, -0.05) is 32.8 Å². The quantitative estimate of drug-likeness (QED) is 0.900. The number of halogens is 1. The van der Waals surface area contributed by atoms with Crippen LogP contribution in [0.25, 0.3) is 0 Å². The van der Waals surface area contributed by atoms with Crippen molar-refractivity contribution in [2.45, 2.75) is 45.1 Å². The molecule has 1 N–H and O–H groups in total. The van der Waals surface area contributed by atoms with Crippen LogP contribution in [-0.4, -0.2) is 12.2 Å². The number of rotatable bonds is 3. The molecule has 3 heteroatoms. The number of ether oxygens (including phenoxy) is 1. The maximum Gasteiger partial charge on any atom is 0.165 e. The summed E-state index contributed by atoms with van der Waals surface area (Å²) < 4.78 is 18.8. The molecular weight excluding hydrogens is 243 g/mol. The van der Waals surface area contributed by atoms with Crippen molar-refractivity contribution in [1.82, 2.24) is 0 Å². The summed E-state index contributed by atoms with van der Waals surface area (Å²) in [4.78, 5) is 0. The van der Waals surface area contributed by atoms with Crippen molar-refractivity contribution in [3.8, 4) is 5.75 Å². The zero-order valence-corrected chi connectivity index (χ0v) is 11.9. The number of hydrogen-bond acceptors (Lipinski definition) is 2. The SMILES string of the molecule is COc1ccc(C2(O)CCCCC2C(C)C)cc1F. The van der Waals surface area contributed by atoms with Crippen molar-refractivity contribution >= 4 is 0 Å². The summed E-state index contributed by atoms with van der Waals surface area (Å²) in [6.07, 6.45) is 3.85. The van der Waals surface area contributed by atoms with Gasteiger partial charge in [0.05, 0.1) is 12.7 Å². The normalized spacial score (nSPS) is 27.6. The minimum atomic E-state index is -0.903. The molecule has 2 atom stereocenters. The van der Waals surface area contributed by atoms with Gasteiger partial charge in [0.15, 0.2) is 11.6 Å². The fraction of sp³-hybridized carbons (Fsp3) is 0.625. The van der Waals surface area contributed by atoms with Gasteiger partial charge in [0, 0.05) is 0 Å². The fourth-order valence-corrected chi connectivity index (χ4v) is 3.36. The lowest BCUT2D eigenvalue weighted by molar-refractivity contribution is -0.0723. The molecule has 1 aliphatic rings. The Balaban J connectivity index is 2.38. The molecule has 0 bridgehead atoms. The van der Waals surface area contributed by atoms with Crippen LogP contribution < -0.4 is 4.74 Å². The summed E-state index contributed by atoms with van der Waals surface area (Å²) in [6.45, 7) is 4.25. The van der Waals surface area contributed by atoms with Crippen LogP contribution in [-0.2, 0) is 5.60 Å². The van der Waals surface area contributed by atoms with E-state index in [0.29, 0.717) is 17.9 Å². The summed E-state index contributed by atoms with van der Waals surface area (Å²) in [6, 6.07) is 4.83. The van der Waals surface area contributed by atoms with Gasteiger partial charge in [0.1, 0.15) is 0 Å². The second-order valence-corrected chi connectivity index (χ2v) is 5.87. The van der Waals surface area contributed by atoms with Crippen LogP contribution in [0, 0.1) is 17.7 Å². The van der Waals surface area contributed by atoms with E-state index in [1.54, 1.807) is 12.1 Å². The van der Waals surface area contributed by atoms with Crippen molar-refractivity contribution in [3.05, 3.63) is 29.6 Å². The lowest BCUT2D eigenvalue weighted by atomic mass is 9.67. The molecule has 1 aliphatic carbocycles. The van der Waals surface area contributed by atoms with Gasteiger partial charge < -0.3 is 9.84 Å². The summed E-state index contributed by atoms with van der Waals surface area (Å²) in [5.41, 5.74) is -0.219. The molecule has 19 heavy (non-hydrogen) atoms. The molecule has 1 aromatic rings. The first-order chi connectivity index (χ1) is 8.99. The van der Waals surface area contributed by atoms with E-state index in [1.807, 2.05) is 0 Å². The molecule has 1 aromatic carbocycles. The Morgan fingerprint density at radius 3 is 2.68 bits per heavy atom. The smallest absolute Gasteiger partial charge is 0.165 e. The van der Waals surface area contributed by atoms with E-state index in [0.717, 1.165) is 19.3 Å². The molecular formula is C16H23FO2. The third-order valence-electron chi connectivity index (χ3n) is 4.39. The Kier molecular flexibility index (Phi) is 4.14. The maximum atomic E-state index is 13.9. The van der Waals surface area contributed by atoms with E-state index < -0.39 is 11.4 Å². The van der Waals surface area contributed by atoms with E-state index in [2.05, 4.69) is 13.8 Å². The zero-order valence-electron chi connectivity index (χ0n) is 11.9. The molecule has 0 amide bonds. The molecule has 106 valence electrons. The van der Waals surface area contributed by atoms with Crippen LogP contribution in [0.5, 0.6) is 5.75 Å². The number of methoxy groups -OCH3 is 1. The second kappa shape index (κ2) is 5.49. The molecule has 0 heterocycles. The third-order valence-corrected chi connectivity index (χ3v) is 4.39. The van der Waals surface area contributed by atoms with Gasteiger partial charge in [-0.15, -0.1) is 0 Å². The highest BCUT2D eigenvalue weighted by Crippen LogP contribution is 2.45. The van der Waals surface area contributed by atoms with Gasteiger partial charge in [0.2, 0.25) is 0 Å². The molecule has 0 aromatic heterocycles. The number of hydrogen-bond donors (Lipinski definition) is 1. The van der Waals surface area contributed by atoms with Crippen LogP contribution in [0.1, 0.15) is 45.1 Å². The van der Waals surface area contributed by atoms with E-state index in [1.165, 1.54) is 13.2 Å². The molecule has 0 aliphatic heterocycles. The molecule has 0 saturated heterocycles. The lowest BCUT2D eigenvalue weighted by Gasteiger charge is -2.42. The monoisotopic (exact) mass is 266 g/mol. The lowest BCUT2D eigenvalue weighted by Crippen LogP contribution is -2.40. The summed E-state index contributed by atoms with van der Waals surface area (Å²) >= 11 is 0. The molecule has 1 saturated carbocycles. The van der Waals surface area contributed by atoms with Crippen molar-refractivity contribution in [3.63, 3.8) is 0 Å². The second-order valence-electron chi connectivity index (χ2n) is 5.87. The van der Waals surface area contributed by atoms with E-state index in [4.69, 9.17) is 4.74 Å². The number of benzene rings is 1. The summed E-state index contributed by atoms with van der Waals surface area (Å²) in [7, 11) is 1.45. The zero-order chi connectivity index (χ0) is 14.0. The van der Waals surface area contributed by atoms with E-state index in [-0.39, 0.29) is 11.7 Å². The average Bonchev–Trinajstić information content (AvgIpc) is 2.38. The van der Waals surface area contributed by atoms with Crippen molar-refractivity contribution < 1.29 is 14.2 Å². The highest BCUT2D eigenvalue weighted by molar-refractivity contribution is 5.33. The Labute approximate surface area is 114 Å². The molecule has 1 fully saturated rings. The minimum Gasteiger partial charge on any atom is -0.494 e. The molecule has 2 nitrogen and oxygen atoms in total. The standard InChI is InChI=1S/C16H23FO2/c1-11(2)13-6-4-5-9-16(13,18)12-7-8-15(19-3)14(17)10-12/h7-8,10-11,13,18H,4-6,9H2,1-3H3. The fourth-order valence-electron chi connectivity index (χ4n) is 3.36. The average molecular weight is 266 g/mol. The van der Waals surface area contributed by atoms with Crippen molar-refractivity contribution in [2.24, 2.45) is 11.8 Å². The van der Waals surface area contributed by atoms with Gasteiger partial charge in [-0.25, -0.2) is 4.39 Å². The summed E-state index contributed by atoms with van der Waals surface area (Å²) in [5.74, 6) is 0.398. The largest absolute Gasteiger partial charge is 0.494 e. The van der Waals surface area contributed by atoms with Gasteiger partial charge in [0.25, 0.3) is 0 Å². The minimum absolute atomic E-state index is 0.189. The molecule has 0 radical (unpaired) electrons. The highest BCUT2D eigenvalue weighted by atomic mass is 19.1. The molecule has 0 spiro atoms. The topological polar surface area (TPSA) is 29.5 Å². The van der Waals surface area contributed by atoms with Crippen LogP contribution in [0.4, 0.5) is 4.39 Å². The Hall–Kier alpha value is -1.09. The number of aliphatic hydroxyl groups is 1. The van der Waals surface area contributed by atoms with Gasteiger partial charge in [-0.3, -0.25) is 0 Å². The van der Waals surface area contributed by atoms with E-state index >= 15 is 0 Å². The van der Waals surface area contributed by atoms with Crippen LogP contribution in [0.2, 0.25) is 0 Å². The third kappa shape index (κ3) is 2.62. The van der Waals surface area contributed by atoms with Gasteiger partial charge in [-0.2, -0.15) is 0 Å². The van der Waals surface area contributed by atoms with Crippen LogP contribution in [0.3, 0.4) is 0 Å². The van der Waals surface area contributed by atoms with Gasteiger partial charge >= 0.3 is 0 Å².